The Hall–Kier alpha value is -2.84. The van der Waals surface area contributed by atoms with Gasteiger partial charge in [0.1, 0.15) is 11.1 Å². The van der Waals surface area contributed by atoms with Crippen molar-refractivity contribution in [3.05, 3.63) is 42.1 Å². The van der Waals surface area contributed by atoms with Crippen molar-refractivity contribution < 1.29 is 34.9 Å². The number of methoxy groups -OCH3 is 1. The van der Waals surface area contributed by atoms with E-state index in [2.05, 4.69) is 53.4 Å². The Bertz CT molecular complexity index is 1460. The van der Waals surface area contributed by atoms with Crippen molar-refractivity contribution in [3.8, 4) is 11.5 Å². The molecule has 0 saturated heterocycles. The zero-order chi connectivity index (χ0) is 30.2. The van der Waals surface area contributed by atoms with Crippen LogP contribution in [0.15, 0.2) is 36.5 Å². The monoisotopic (exact) mass is 614 g/mol. The number of ether oxygens (including phenoxy) is 1. The molecule has 9 nitrogen and oxygen atoms in total. The zero-order valence-corrected chi connectivity index (χ0v) is 25.9. The standard InChI is InChI=1S/C27H37F3N4O5SSi/c1-26(2,3)41(5,6)39-21-13-9-19(10-14-21)32-24-23-22(38-40(35,36)27(28,29)30)15-16-31-25(23)34(33-24)17-18-7-11-20(37-4)12-8-18/h7-8,11-12,15-16,19,21H,9-10,13-14,17H2,1-6H3,(H,32,33)/t19-,21-. The van der Waals surface area contributed by atoms with Crippen LogP contribution in [0.2, 0.25) is 18.1 Å². The number of benzene rings is 1. The van der Waals surface area contributed by atoms with Crippen molar-refractivity contribution >= 4 is 35.3 Å². The van der Waals surface area contributed by atoms with E-state index in [0.717, 1.165) is 37.3 Å². The predicted octanol–water partition coefficient (Wildman–Crippen LogP) is 6.46. The average Bonchev–Trinajstić information content (AvgIpc) is 3.21. The van der Waals surface area contributed by atoms with E-state index in [1.807, 2.05) is 12.1 Å². The maximum atomic E-state index is 13.2. The molecule has 0 spiro atoms. The zero-order valence-electron chi connectivity index (χ0n) is 24.1. The van der Waals surface area contributed by atoms with Crippen molar-refractivity contribution in [3.63, 3.8) is 0 Å². The fourth-order valence-electron chi connectivity index (χ4n) is 4.53. The van der Waals surface area contributed by atoms with Crippen LogP contribution in [0.3, 0.4) is 0 Å². The molecule has 2 heterocycles. The lowest BCUT2D eigenvalue weighted by Gasteiger charge is -2.41. The summed E-state index contributed by atoms with van der Waals surface area (Å²) in [6.45, 7) is 11.3. The Balaban J connectivity index is 1.62. The molecule has 2 aromatic heterocycles. The third-order valence-electron chi connectivity index (χ3n) is 7.85. The molecule has 0 radical (unpaired) electrons. The van der Waals surface area contributed by atoms with Crippen molar-refractivity contribution in [2.24, 2.45) is 0 Å². The Morgan fingerprint density at radius 1 is 1.05 bits per heavy atom. The van der Waals surface area contributed by atoms with Crippen molar-refractivity contribution in [1.82, 2.24) is 14.8 Å². The number of fused-ring (bicyclic) bond motifs is 1. The smallest absolute Gasteiger partial charge is 0.497 e. The molecule has 1 aliphatic rings. The molecule has 4 rings (SSSR count). The van der Waals surface area contributed by atoms with Crippen LogP contribution in [0, 0.1) is 0 Å². The SMILES string of the molecule is COc1ccc(Cn2nc(N[C@H]3CC[C@H](O[Si](C)(C)C(C)(C)C)CC3)c3c(OS(=O)(=O)C(F)(F)F)ccnc32)cc1. The van der Waals surface area contributed by atoms with Crippen molar-refractivity contribution in [2.75, 3.05) is 12.4 Å². The van der Waals surface area contributed by atoms with Crippen LogP contribution < -0.4 is 14.2 Å². The topological polar surface area (TPSA) is 105 Å². The summed E-state index contributed by atoms with van der Waals surface area (Å²) in [6, 6.07) is 8.27. The third-order valence-corrected chi connectivity index (χ3v) is 13.4. The normalized spacial score (nSPS) is 18.9. The first kappa shape index (κ1) is 31.1. The maximum Gasteiger partial charge on any atom is 0.534 e. The van der Waals surface area contributed by atoms with Gasteiger partial charge >= 0.3 is 15.6 Å². The number of anilines is 1. The van der Waals surface area contributed by atoms with Gasteiger partial charge in [-0.15, -0.1) is 0 Å². The van der Waals surface area contributed by atoms with Crippen LogP contribution >= 0.6 is 0 Å². The molecule has 0 bridgehead atoms. The molecule has 226 valence electrons. The Labute approximate surface area is 239 Å². The molecule has 14 heteroatoms. The largest absolute Gasteiger partial charge is 0.534 e. The van der Waals surface area contributed by atoms with Crippen LogP contribution in [0.5, 0.6) is 11.5 Å². The lowest BCUT2D eigenvalue weighted by Crippen LogP contribution is -2.45. The molecule has 0 atom stereocenters. The predicted molar refractivity (Wildman–Crippen MR) is 153 cm³/mol. The summed E-state index contributed by atoms with van der Waals surface area (Å²) in [6.07, 6.45) is 4.48. The number of alkyl halides is 3. The number of aromatic nitrogens is 3. The van der Waals surface area contributed by atoms with Gasteiger partial charge in [-0.1, -0.05) is 32.9 Å². The first-order valence-corrected chi connectivity index (χ1v) is 17.8. The quantitative estimate of drug-likeness (QED) is 0.166. The minimum Gasteiger partial charge on any atom is -0.497 e. The number of halogens is 3. The fraction of sp³-hybridized carbons (Fsp3) is 0.556. The van der Waals surface area contributed by atoms with E-state index < -0.39 is 29.7 Å². The average molecular weight is 615 g/mol. The van der Waals surface area contributed by atoms with Gasteiger partial charge in [0.05, 0.1) is 13.7 Å². The molecule has 0 amide bonds. The Kier molecular flexibility index (Phi) is 8.68. The highest BCUT2D eigenvalue weighted by Gasteiger charge is 2.49. The minimum absolute atomic E-state index is 0.0471. The van der Waals surface area contributed by atoms with Crippen LogP contribution in [-0.2, 0) is 21.1 Å². The van der Waals surface area contributed by atoms with Gasteiger partial charge in [0.2, 0.25) is 0 Å². The van der Waals surface area contributed by atoms with Crippen molar-refractivity contribution in [1.29, 1.82) is 0 Å². The summed E-state index contributed by atoms with van der Waals surface area (Å²) in [5, 5.41) is 8.11. The summed E-state index contributed by atoms with van der Waals surface area (Å²) < 4.78 is 81.3. The van der Waals surface area contributed by atoms with Crippen LogP contribution in [0.25, 0.3) is 11.0 Å². The summed E-state index contributed by atoms with van der Waals surface area (Å²) in [5.74, 6) is 0.384. The molecule has 1 aromatic carbocycles. The van der Waals surface area contributed by atoms with Gasteiger partial charge in [-0.3, -0.25) is 0 Å². The van der Waals surface area contributed by atoms with Gasteiger partial charge in [-0.05, 0) is 61.5 Å². The number of nitrogens with one attached hydrogen (secondary N) is 1. The van der Waals surface area contributed by atoms with E-state index in [0.29, 0.717) is 5.75 Å². The fourth-order valence-corrected chi connectivity index (χ4v) is 6.42. The highest BCUT2D eigenvalue weighted by molar-refractivity contribution is 7.88. The lowest BCUT2D eigenvalue weighted by molar-refractivity contribution is -0.0499. The minimum atomic E-state index is -5.91. The molecule has 0 aliphatic heterocycles. The third kappa shape index (κ3) is 6.97. The van der Waals surface area contributed by atoms with E-state index >= 15 is 0 Å². The number of rotatable bonds is 9. The Morgan fingerprint density at radius 2 is 1.68 bits per heavy atom. The summed E-state index contributed by atoms with van der Waals surface area (Å²) in [5.41, 5.74) is -4.56. The number of hydrogen-bond acceptors (Lipinski definition) is 8. The highest BCUT2D eigenvalue weighted by Crippen LogP contribution is 2.40. The van der Waals surface area contributed by atoms with E-state index in [4.69, 9.17) is 9.16 Å². The van der Waals surface area contributed by atoms with Crippen LogP contribution in [0.4, 0.5) is 19.0 Å². The van der Waals surface area contributed by atoms with E-state index in [1.165, 1.54) is 10.9 Å². The molecular weight excluding hydrogens is 577 g/mol. The van der Waals surface area contributed by atoms with Gasteiger partial charge in [0.25, 0.3) is 0 Å². The number of pyridine rings is 1. The molecule has 1 aliphatic carbocycles. The molecule has 1 N–H and O–H groups in total. The van der Waals surface area contributed by atoms with Crippen LogP contribution in [0.1, 0.15) is 52.0 Å². The molecule has 1 fully saturated rings. The van der Waals surface area contributed by atoms with Crippen LogP contribution in [-0.4, -0.2) is 56.3 Å². The summed E-state index contributed by atoms with van der Waals surface area (Å²) >= 11 is 0. The van der Waals surface area contributed by atoms with E-state index in [1.54, 1.807) is 19.2 Å². The molecule has 41 heavy (non-hydrogen) atoms. The van der Waals surface area contributed by atoms with Gasteiger partial charge in [-0.25, -0.2) is 9.67 Å². The summed E-state index contributed by atoms with van der Waals surface area (Å²) in [7, 11) is -6.28. The maximum absolute atomic E-state index is 13.2. The van der Waals surface area contributed by atoms with E-state index in [9.17, 15) is 21.6 Å². The van der Waals surface area contributed by atoms with Gasteiger partial charge in [0.15, 0.2) is 25.5 Å². The number of nitrogens with zero attached hydrogens (tertiary/aromatic N) is 3. The molecular formula is C27H37F3N4O5SSi. The number of hydrogen-bond donors (Lipinski definition) is 1. The Morgan fingerprint density at radius 3 is 2.24 bits per heavy atom. The first-order valence-electron chi connectivity index (χ1n) is 13.4. The molecule has 1 saturated carbocycles. The van der Waals surface area contributed by atoms with Gasteiger partial charge in [0, 0.05) is 24.4 Å². The second-order valence-electron chi connectivity index (χ2n) is 11.8. The highest BCUT2D eigenvalue weighted by atomic mass is 32.2. The first-order chi connectivity index (χ1) is 19.0. The van der Waals surface area contributed by atoms with Gasteiger partial charge in [-0.2, -0.15) is 26.7 Å². The second-order valence-corrected chi connectivity index (χ2v) is 18.1. The molecule has 3 aromatic rings. The second kappa shape index (κ2) is 11.4. The summed E-state index contributed by atoms with van der Waals surface area (Å²) in [4.78, 5) is 4.32. The molecule has 0 unspecified atom stereocenters. The van der Waals surface area contributed by atoms with E-state index in [-0.39, 0.29) is 40.6 Å². The van der Waals surface area contributed by atoms with Gasteiger partial charge < -0.3 is 18.7 Å². The van der Waals surface area contributed by atoms with Crippen molar-refractivity contribution in [2.45, 2.75) is 88.8 Å². The lowest BCUT2D eigenvalue weighted by atomic mass is 9.93.